The molecule has 0 amide bonds. The Labute approximate surface area is 122 Å². The number of rotatable bonds is 6. The van der Waals surface area contributed by atoms with Crippen LogP contribution in [0.2, 0.25) is 5.02 Å². The van der Waals surface area contributed by atoms with Crippen molar-refractivity contribution < 1.29 is 0 Å². The molecule has 1 aromatic carbocycles. The lowest BCUT2D eigenvalue weighted by Crippen LogP contribution is -2.38. The molecule has 2 nitrogen and oxygen atoms in total. The first-order valence-electron chi connectivity index (χ1n) is 7.45. The van der Waals surface area contributed by atoms with Gasteiger partial charge in [-0.3, -0.25) is 4.90 Å². The zero-order valence-electron chi connectivity index (χ0n) is 11.9. The third kappa shape index (κ3) is 5.13. The van der Waals surface area contributed by atoms with Crippen LogP contribution in [0.5, 0.6) is 0 Å². The molecular formula is C16H25ClN2. The van der Waals surface area contributed by atoms with Crippen molar-refractivity contribution in [2.75, 3.05) is 26.2 Å². The highest BCUT2D eigenvalue weighted by molar-refractivity contribution is 6.30. The van der Waals surface area contributed by atoms with Crippen LogP contribution in [-0.2, 0) is 6.54 Å². The second-order valence-corrected chi connectivity index (χ2v) is 6.01. The van der Waals surface area contributed by atoms with Crippen molar-refractivity contribution in [1.29, 1.82) is 0 Å². The van der Waals surface area contributed by atoms with Gasteiger partial charge in [-0.1, -0.05) is 30.7 Å². The Morgan fingerprint density at radius 2 is 2.11 bits per heavy atom. The number of nitrogens with zero attached hydrogens (tertiary/aromatic N) is 1. The van der Waals surface area contributed by atoms with Crippen LogP contribution in [-0.4, -0.2) is 31.1 Å². The summed E-state index contributed by atoms with van der Waals surface area (Å²) < 4.78 is 0. The van der Waals surface area contributed by atoms with Crippen LogP contribution in [0.4, 0.5) is 0 Å². The van der Waals surface area contributed by atoms with Gasteiger partial charge in [-0.2, -0.15) is 0 Å². The Kier molecular flexibility index (Phi) is 6.15. The number of piperidine rings is 1. The van der Waals surface area contributed by atoms with E-state index in [1.165, 1.54) is 51.0 Å². The van der Waals surface area contributed by atoms with Crippen molar-refractivity contribution in [3.63, 3.8) is 0 Å². The average Bonchev–Trinajstić information content (AvgIpc) is 2.43. The lowest BCUT2D eigenvalue weighted by atomic mass is 9.98. The molecule has 0 aromatic heterocycles. The second-order valence-electron chi connectivity index (χ2n) is 5.57. The molecule has 1 aromatic rings. The summed E-state index contributed by atoms with van der Waals surface area (Å²) in [6.07, 6.45) is 3.91. The second kappa shape index (κ2) is 7.88. The number of hydrogen-bond acceptors (Lipinski definition) is 2. The minimum Gasteiger partial charge on any atom is -0.316 e. The van der Waals surface area contributed by atoms with E-state index in [1.807, 2.05) is 12.1 Å². The van der Waals surface area contributed by atoms with Gasteiger partial charge in [-0.05, 0) is 62.5 Å². The van der Waals surface area contributed by atoms with E-state index in [0.717, 1.165) is 17.5 Å². The molecule has 1 atom stereocenters. The van der Waals surface area contributed by atoms with Gasteiger partial charge >= 0.3 is 0 Å². The summed E-state index contributed by atoms with van der Waals surface area (Å²) in [5.74, 6) is 0.813. The summed E-state index contributed by atoms with van der Waals surface area (Å²) in [5, 5.41) is 4.33. The van der Waals surface area contributed by atoms with Gasteiger partial charge in [0.05, 0.1) is 0 Å². The fourth-order valence-corrected chi connectivity index (χ4v) is 2.97. The molecule has 0 saturated carbocycles. The lowest BCUT2D eigenvalue weighted by molar-refractivity contribution is 0.201. The summed E-state index contributed by atoms with van der Waals surface area (Å²) in [6, 6.07) is 8.26. The SMILES string of the molecule is CCCN(Cc1ccc(Cl)cc1)CC1CCCNC1. The molecule has 1 heterocycles. The highest BCUT2D eigenvalue weighted by Crippen LogP contribution is 2.16. The minimum atomic E-state index is 0.813. The summed E-state index contributed by atoms with van der Waals surface area (Å²) in [7, 11) is 0. The van der Waals surface area contributed by atoms with Gasteiger partial charge in [0.25, 0.3) is 0 Å². The van der Waals surface area contributed by atoms with Gasteiger partial charge in [0.1, 0.15) is 0 Å². The lowest BCUT2D eigenvalue weighted by Gasteiger charge is -2.30. The van der Waals surface area contributed by atoms with Gasteiger partial charge in [0.2, 0.25) is 0 Å². The van der Waals surface area contributed by atoms with Crippen molar-refractivity contribution in [2.24, 2.45) is 5.92 Å². The van der Waals surface area contributed by atoms with Crippen LogP contribution in [0.1, 0.15) is 31.7 Å². The predicted molar refractivity (Wildman–Crippen MR) is 82.6 cm³/mol. The van der Waals surface area contributed by atoms with E-state index in [9.17, 15) is 0 Å². The molecule has 1 aliphatic heterocycles. The standard InChI is InChI=1S/C16H25ClN2/c1-2-10-19(13-15-4-3-9-18-11-15)12-14-5-7-16(17)8-6-14/h5-8,15,18H,2-4,9-13H2,1H3. The molecule has 19 heavy (non-hydrogen) atoms. The fourth-order valence-electron chi connectivity index (χ4n) is 2.84. The number of nitrogens with one attached hydrogen (secondary N) is 1. The molecule has 0 bridgehead atoms. The molecule has 0 radical (unpaired) electrons. The largest absolute Gasteiger partial charge is 0.316 e. The zero-order chi connectivity index (χ0) is 13.5. The topological polar surface area (TPSA) is 15.3 Å². The van der Waals surface area contributed by atoms with Crippen molar-refractivity contribution in [3.05, 3.63) is 34.9 Å². The summed E-state index contributed by atoms with van der Waals surface area (Å²) in [6.45, 7) is 8.07. The third-order valence-corrected chi connectivity index (χ3v) is 4.03. The first-order valence-corrected chi connectivity index (χ1v) is 7.83. The third-order valence-electron chi connectivity index (χ3n) is 3.77. The molecule has 1 aliphatic rings. The Bertz CT molecular complexity index is 358. The minimum absolute atomic E-state index is 0.813. The van der Waals surface area contributed by atoms with Crippen LogP contribution in [0.3, 0.4) is 0 Å². The highest BCUT2D eigenvalue weighted by Gasteiger charge is 2.16. The van der Waals surface area contributed by atoms with Crippen LogP contribution < -0.4 is 5.32 Å². The van der Waals surface area contributed by atoms with Crippen LogP contribution in [0, 0.1) is 5.92 Å². The maximum absolute atomic E-state index is 5.94. The summed E-state index contributed by atoms with van der Waals surface area (Å²) >= 11 is 5.94. The fraction of sp³-hybridized carbons (Fsp3) is 0.625. The van der Waals surface area contributed by atoms with Crippen molar-refractivity contribution >= 4 is 11.6 Å². The monoisotopic (exact) mass is 280 g/mol. The maximum Gasteiger partial charge on any atom is 0.0406 e. The highest BCUT2D eigenvalue weighted by atomic mass is 35.5. The van der Waals surface area contributed by atoms with E-state index >= 15 is 0 Å². The van der Waals surface area contributed by atoms with Gasteiger partial charge in [-0.25, -0.2) is 0 Å². The quantitative estimate of drug-likeness (QED) is 0.857. The van der Waals surface area contributed by atoms with Crippen LogP contribution in [0.15, 0.2) is 24.3 Å². The first-order chi connectivity index (χ1) is 9.28. The summed E-state index contributed by atoms with van der Waals surface area (Å²) in [4.78, 5) is 2.58. The van der Waals surface area contributed by atoms with Crippen molar-refractivity contribution in [1.82, 2.24) is 10.2 Å². The molecule has 3 heteroatoms. The number of benzene rings is 1. The summed E-state index contributed by atoms with van der Waals surface area (Å²) in [5.41, 5.74) is 1.36. The van der Waals surface area contributed by atoms with Gasteiger partial charge in [0.15, 0.2) is 0 Å². The van der Waals surface area contributed by atoms with E-state index in [4.69, 9.17) is 11.6 Å². The molecular weight excluding hydrogens is 256 g/mol. The maximum atomic E-state index is 5.94. The van der Waals surface area contributed by atoms with E-state index in [0.29, 0.717) is 0 Å². The Hall–Kier alpha value is -0.570. The van der Waals surface area contributed by atoms with E-state index in [-0.39, 0.29) is 0 Å². The molecule has 0 spiro atoms. The first kappa shape index (κ1) is 14.8. The molecule has 1 N–H and O–H groups in total. The van der Waals surface area contributed by atoms with Gasteiger partial charge in [0, 0.05) is 18.1 Å². The van der Waals surface area contributed by atoms with E-state index in [1.54, 1.807) is 0 Å². The normalized spacial score (nSPS) is 19.8. The molecule has 1 fully saturated rings. The number of hydrogen-bond donors (Lipinski definition) is 1. The van der Waals surface area contributed by atoms with E-state index < -0.39 is 0 Å². The molecule has 0 aliphatic carbocycles. The smallest absolute Gasteiger partial charge is 0.0406 e. The predicted octanol–water partition coefficient (Wildman–Crippen LogP) is 3.55. The average molecular weight is 281 g/mol. The van der Waals surface area contributed by atoms with Crippen LogP contribution >= 0.6 is 11.6 Å². The molecule has 2 rings (SSSR count). The molecule has 106 valence electrons. The Balaban J connectivity index is 1.89. The molecule has 1 unspecified atom stereocenters. The van der Waals surface area contributed by atoms with Crippen molar-refractivity contribution in [3.8, 4) is 0 Å². The van der Waals surface area contributed by atoms with Crippen molar-refractivity contribution in [2.45, 2.75) is 32.7 Å². The van der Waals surface area contributed by atoms with E-state index in [2.05, 4.69) is 29.3 Å². The molecule has 1 saturated heterocycles. The van der Waals surface area contributed by atoms with Gasteiger partial charge < -0.3 is 5.32 Å². The number of halogens is 1. The Morgan fingerprint density at radius 1 is 1.32 bits per heavy atom. The van der Waals surface area contributed by atoms with Crippen LogP contribution in [0.25, 0.3) is 0 Å². The zero-order valence-corrected chi connectivity index (χ0v) is 12.6. The van der Waals surface area contributed by atoms with Gasteiger partial charge in [-0.15, -0.1) is 0 Å². The Morgan fingerprint density at radius 3 is 2.74 bits per heavy atom.